The van der Waals surface area contributed by atoms with Gasteiger partial charge in [0.1, 0.15) is 5.69 Å². The minimum Gasteiger partial charge on any atom is -0.326 e. The molecule has 0 spiro atoms. The molecule has 1 heterocycles. The van der Waals surface area contributed by atoms with E-state index < -0.39 is 0 Å². The highest BCUT2D eigenvalue weighted by molar-refractivity contribution is 5.97. The first-order valence-corrected chi connectivity index (χ1v) is 9.15. The molecule has 0 saturated carbocycles. The number of carbonyl (C=O) groups excluding carboxylic acids is 2. The van der Waals surface area contributed by atoms with E-state index in [1.807, 2.05) is 26.0 Å². The summed E-state index contributed by atoms with van der Waals surface area (Å²) >= 11 is 0. The van der Waals surface area contributed by atoms with Crippen LogP contribution >= 0.6 is 0 Å². The molecule has 6 heteroatoms. The van der Waals surface area contributed by atoms with Crippen LogP contribution in [0.2, 0.25) is 0 Å². The van der Waals surface area contributed by atoms with Crippen molar-refractivity contribution in [3.63, 3.8) is 0 Å². The number of aryl methyl sites for hydroxylation is 4. The number of rotatable bonds is 5. The van der Waals surface area contributed by atoms with Gasteiger partial charge in [-0.3, -0.25) is 14.4 Å². The van der Waals surface area contributed by atoms with Gasteiger partial charge in [0.05, 0.1) is 11.0 Å². The smallest absolute Gasteiger partial charge is 0.272 e. The average Bonchev–Trinajstić information content (AvgIpc) is 2.64. The number of ketones is 1. The third-order valence-corrected chi connectivity index (χ3v) is 4.84. The first-order valence-electron chi connectivity index (χ1n) is 9.15. The fourth-order valence-corrected chi connectivity index (χ4v) is 3.10. The molecule has 3 rings (SSSR count). The van der Waals surface area contributed by atoms with Crippen molar-refractivity contribution in [3.05, 3.63) is 69.1 Å². The van der Waals surface area contributed by atoms with Crippen molar-refractivity contribution in [1.82, 2.24) is 9.55 Å². The molecule has 0 aliphatic heterocycles. The van der Waals surface area contributed by atoms with Crippen molar-refractivity contribution in [2.75, 3.05) is 5.32 Å². The number of amides is 1. The van der Waals surface area contributed by atoms with Gasteiger partial charge >= 0.3 is 0 Å². The molecule has 1 amide bonds. The Morgan fingerprint density at radius 2 is 1.79 bits per heavy atom. The Morgan fingerprint density at radius 1 is 1.07 bits per heavy atom. The van der Waals surface area contributed by atoms with Crippen molar-refractivity contribution in [2.24, 2.45) is 0 Å². The lowest BCUT2D eigenvalue weighted by Gasteiger charge is -2.13. The van der Waals surface area contributed by atoms with Crippen LogP contribution in [0.15, 0.2) is 41.2 Å². The number of nitrogens with one attached hydrogen (secondary N) is 1. The largest absolute Gasteiger partial charge is 0.326 e. The minimum atomic E-state index is -0.223. The van der Waals surface area contributed by atoms with Crippen LogP contribution < -0.4 is 10.9 Å². The van der Waals surface area contributed by atoms with Gasteiger partial charge in [0.15, 0.2) is 5.78 Å². The van der Waals surface area contributed by atoms with Gasteiger partial charge in [0, 0.05) is 24.2 Å². The van der Waals surface area contributed by atoms with Gasteiger partial charge < -0.3 is 9.88 Å². The Morgan fingerprint density at radius 3 is 2.50 bits per heavy atom. The van der Waals surface area contributed by atoms with Crippen LogP contribution in [0.25, 0.3) is 11.0 Å². The number of hydrogen-bond donors (Lipinski definition) is 1. The Hall–Kier alpha value is -3.28. The summed E-state index contributed by atoms with van der Waals surface area (Å²) in [5, 5.41) is 2.79. The standard InChI is InChI=1S/C22H23N3O3/c1-13-10-19-20(11-14(13)2)25(22(28)15(3)23-19)9-8-21(27)24-18-7-5-6-17(12-18)16(4)26/h5-7,10-12H,8-9H2,1-4H3,(H,24,27). The normalized spacial score (nSPS) is 10.9. The summed E-state index contributed by atoms with van der Waals surface area (Å²) in [6.45, 7) is 7.40. The minimum absolute atomic E-state index is 0.0629. The molecule has 2 aromatic carbocycles. The van der Waals surface area contributed by atoms with Crippen LogP contribution in [0.4, 0.5) is 5.69 Å². The Kier molecular flexibility index (Phi) is 5.40. The van der Waals surface area contributed by atoms with Crippen molar-refractivity contribution < 1.29 is 9.59 Å². The third kappa shape index (κ3) is 4.01. The molecule has 1 N–H and O–H groups in total. The lowest BCUT2D eigenvalue weighted by atomic mass is 10.1. The quantitative estimate of drug-likeness (QED) is 0.690. The van der Waals surface area contributed by atoms with Gasteiger partial charge in [-0.1, -0.05) is 12.1 Å². The molecular formula is C22H23N3O3. The maximum absolute atomic E-state index is 12.6. The molecule has 144 valence electrons. The van der Waals surface area contributed by atoms with E-state index in [0.29, 0.717) is 16.9 Å². The lowest BCUT2D eigenvalue weighted by molar-refractivity contribution is -0.116. The molecule has 0 bridgehead atoms. The lowest BCUT2D eigenvalue weighted by Crippen LogP contribution is -2.26. The zero-order valence-corrected chi connectivity index (χ0v) is 16.5. The van der Waals surface area contributed by atoms with E-state index in [4.69, 9.17) is 0 Å². The molecule has 0 radical (unpaired) electrons. The number of hydrogen-bond acceptors (Lipinski definition) is 4. The molecule has 0 atom stereocenters. The fraction of sp³-hybridized carbons (Fsp3) is 0.273. The van der Waals surface area contributed by atoms with E-state index in [1.165, 1.54) is 6.92 Å². The second-order valence-corrected chi connectivity index (χ2v) is 7.01. The first-order chi connectivity index (χ1) is 13.3. The maximum Gasteiger partial charge on any atom is 0.272 e. The number of fused-ring (bicyclic) bond motifs is 1. The van der Waals surface area contributed by atoms with Crippen LogP contribution in [-0.2, 0) is 11.3 Å². The molecule has 1 aromatic heterocycles. The van der Waals surface area contributed by atoms with Crippen molar-refractivity contribution >= 4 is 28.4 Å². The molecule has 0 unspecified atom stereocenters. The van der Waals surface area contributed by atoms with Crippen molar-refractivity contribution in [1.29, 1.82) is 0 Å². The third-order valence-electron chi connectivity index (χ3n) is 4.84. The van der Waals surface area contributed by atoms with Gasteiger partial charge in [-0.2, -0.15) is 0 Å². The molecule has 28 heavy (non-hydrogen) atoms. The Labute approximate surface area is 163 Å². The number of anilines is 1. The van der Waals surface area contributed by atoms with Gasteiger partial charge in [0.25, 0.3) is 5.56 Å². The molecule has 6 nitrogen and oxygen atoms in total. The van der Waals surface area contributed by atoms with E-state index in [1.54, 1.807) is 35.8 Å². The monoisotopic (exact) mass is 377 g/mol. The van der Waals surface area contributed by atoms with Crippen LogP contribution in [-0.4, -0.2) is 21.2 Å². The van der Waals surface area contributed by atoms with Crippen LogP contribution in [0.1, 0.15) is 40.5 Å². The zero-order chi connectivity index (χ0) is 20.4. The Balaban J connectivity index is 1.83. The summed E-state index contributed by atoms with van der Waals surface area (Å²) in [4.78, 5) is 40.9. The van der Waals surface area contributed by atoms with Crippen LogP contribution in [0, 0.1) is 20.8 Å². The summed E-state index contributed by atoms with van der Waals surface area (Å²) in [5.41, 5.74) is 4.96. The summed E-state index contributed by atoms with van der Waals surface area (Å²) in [6.07, 6.45) is 0.135. The zero-order valence-electron chi connectivity index (χ0n) is 16.5. The fourth-order valence-electron chi connectivity index (χ4n) is 3.10. The van der Waals surface area contributed by atoms with E-state index in [2.05, 4.69) is 10.3 Å². The molecular weight excluding hydrogens is 354 g/mol. The van der Waals surface area contributed by atoms with Gasteiger partial charge in [-0.15, -0.1) is 0 Å². The van der Waals surface area contributed by atoms with Crippen molar-refractivity contribution in [3.8, 4) is 0 Å². The number of aromatic nitrogens is 2. The summed E-state index contributed by atoms with van der Waals surface area (Å²) in [6, 6.07) is 10.7. The van der Waals surface area contributed by atoms with E-state index in [-0.39, 0.29) is 30.2 Å². The number of carbonyl (C=O) groups is 2. The van der Waals surface area contributed by atoms with Crippen LogP contribution in [0.5, 0.6) is 0 Å². The molecule has 0 aliphatic rings. The molecule has 3 aromatic rings. The second kappa shape index (κ2) is 7.76. The van der Waals surface area contributed by atoms with Crippen LogP contribution in [0.3, 0.4) is 0 Å². The van der Waals surface area contributed by atoms with E-state index in [9.17, 15) is 14.4 Å². The predicted molar refractivity (Wildman–Crippen MR) is 110 cm³/mol. The maximum atomic E-state index is 12.6. The second-order valence-electron chi connectivity index (χ2n) is 7.01. The summed E-state index contributed by atoms with van der Waals surface area (Å²) in [7, 11) is 0. The molecule has 0 aliphatic carbocycles. The topological polar surface area (TPSA) is 81.1 Å². The highest BCUT2D eigenvalue weighted by Crippen LogP contribution is 2.17. The SMILES string of the molecule is CC(=O)c1cccc(NC(=O)CCn2c(=O)c(C)nc3cc(C)c(C)cc32)c1. The number of benzene rings is 2. The van der Waals surface area contributed by atoms with Gasteiger partial charge in [-0.25, -0.2) is 4.98 Å². The van der Waals surface area contributed by atoms with Gasteiger partial charge in [-0.05, 0) is 63.1 Å². The number of Topliss-reactive ketones (excluding diaryl/α,β-unsaturated/α-hetero) is 1. The highest BCUT2D eigenvalue weighted by atomic mass is 16.2. The summed E-state index contributed by atoms with van der Waals surface area (Å²) in [5.74, 6) is -0.286. The van der Waals surface area contributed by atoms with Gasteiger partial charge in [0.2, 0.25) is 5.91 Å². The molecule has 0 fully saturated rings. The summed E-state index contributed by atoms with van der Waals surface area (Å²) < 4.78 is 1.61. The van der Waals surface area contributed by atoms with Crippen molar-refractivity contribution in [2.45, 2.75) is 40.7 Å². The highest BCUT2D eigenvalue weighted by Gasteiger charge is 2.12. The first kappa shape index (κ1) is 19.5. The van der Waals surface area contributed by atoms with E-state index in [0.717, 1.165) is 22.2 Å². The number of nitrogens with zero attached hydrogens (tertiary/aromatic N) is 2. The predicted octanol–water partition coefficient (Wildman–Crippen LogP) is 3.55. The Bertz CT molecular complexity index is 1150. The molecule has 0 saturated heterocycles. The average molecular weight is 377 g/mol. The van der Waals surface area contributed by atoms with E-state index >= 15 is 0 Å².